The van der Waals surface area contributed by atoms with E-state index in [1.54, 1.807) is 25.3 Å². The zero-order chi connectivity index (χ0) is 26.8. The van der Waals surface area contributed by atoms with Crippen molar-refractivity contribution in [2.75, 3.05) is 25.6 Å². The molecule has 2 N–H and O–H groups in total. The minimum atomic E-state index is -0.198. The van der Waals surface area contributed by atoms with E-state index in [0.717, 1.165) is 12.8 Å². The van der Waals surface area contributed by atoms with Crippen molar-refractivity contribution in [3.63, 3.8) is 0 Å². The number of methoxy groups -OCH3 is 1. The normalized spacial score (nSPS) is 11.0. The third-order valence-corrected chi connectivity index (χ3v) is 7.04. The van der Waals surface area contributed by atoms with E-state index in [2.05, 4.69) is 17.6 Å². The van der Waals surface area contributed by atoms with Crippen LogP contribution in [0.5, 0.6) is 0 Å². The third kappa shape index (κ3) is 18.9. The number of carbonyl (C=O) groups is 2. The molecule has 1 aromatic carbocycles. The first-order chi connectivity index (χ1) is 18.2. The number of hydrogen-bond acceptors (Lipinski definition) is 3. The van der Waals surface area contributed by atoms with Crippen molar-refractivity contribution in [1.82, 2.24) is 5.32 Å². The zero-order valence-corrected chi connectivity index (χ0v) is 24.1. The van der Waals surface area contributed by atoms with E-state index >= 15 is 0 Å². The molecule has 0 aliphatic heterocycles. The summed E-state index contributed by atoms with van der Waals surface area (Å²) < 4.78 is 4.97. The number of amides is 2. The number of benzene rings is 1. The zero-order valence-electron chi connectivity index (χ0n) is 24.1. The molecule has 0 aliphatic rings. The van der Waals surface area contributed by atoms with Crippen LogP contribution in [-0.2, 0) is 9.53 Å². The van der Waals surface area contributed by atoms with Gasteiger partial charge in [-0.25, -0.2) is 0 Å². The minimum absolute atomic E-state index is 0.0240. The first kappa shape index (κ1) is 33.1. The van der Waals surface area contributed by atoms with E-state index in [-0.39, 0.29) is 11.8 Å². The van der Waals surface area contributed by atoms with Crippen molar-refractivity contribution in [2.24, 2.45) is 0 Å². The molecule has 0 aromatic heterocycles. The van der Waals surface area contributed by atoms with Crippen molar-refractivity contribution in [3.8, 4) is 0 Å². The van der Waals surface area contributed by atoms with Gasteiger partial charge in [0.2, 0.25) is 5.91 Å². The monoisotopic (exact) mass is 516 g/mol. The van der Waals surface area contributed by atoms with Crippen molar-refractivity contribution in [2.45, 2.75) is 135 Å². The number of carbonyl (C=O) groups excluding carboxylic acids is 2. The van der Waals surface area contributed by atoms with Crippen LogP contribution in [0, 0.1) is 0 Å². The summed E-state index contributed by atoms with van der Waals surface area (Å²) in [5, 5.41) is 5.71. The molecule has 0 aliphatic carbocycles. The van der Waals surface area contributed by atoms with Crippen molar-refractivity contribution in [3.05, 3.63) is 29.8 Å². The predicted octanol–water partition coefficient (Wildman–Crippen LogP) is 8.82. The van der Waals surface area contributed by atoms with Gasteiger partial charge in [0, 0.05) is 20.1 Å². The maximum absolute atomic E-state index is 12.4. The Bertz CT molecular complexity index is 692. The topological polar surface area (TPSA) is 67.4 Å². The van der Waals surface area contributed by atoms with Crippen LogP contribution in [0.3, 0.4) is 0 Å². The maximum atomic E-state index is 12.4. The van der Waals surface area contributed by atoms with Gasteiger partial charge in [0.15, 0.2) is 0 Å². The van der Waals surface area contributed by atoms with Crippen molar-refractivity contribution >= 4 is 17.5 Å². The Labute approximate surface area is 227 Å². The number of para-hydroxylation sites is 1. The highest BCUT2D eigenvalue weighted by Gasteiger charge is 2.12. The van der Waals surface area contributed by atoms with Crippen LogP contribution in [0.1, 0.15) is 146 Å². The van der Waals surface area contributed by atoms with Gasteiger partial charge >= 0.3 is 0 Å². The second-order valence-electron chi connectivity index (χ2n) is 10.5. The van der Waals surface area contributed by atoms with Crippen molar-refractivity contribution < 1.29 is 14.3 Å². The molecular formula is C32H56N2O3. The first-order valence-corrected chi connectivity index (χ1v) is 15.3. The average Bonchev–Trinajstić information content (AvgIpc) is 2.90. The Hall–Kier alpha value is -1.88. The second-order valence-corrected chi connectivity index (χ2v) is 10.5. The number of unbranched alkanes of at least 4 members (excludes halogenated alkanes) is 18. The lowest BCUT2D eigenvalue weighted by Gasteiger charge is -2.11. The molecule has 1 rings (SSSR count). The van der Waals surface area contributed by atoms with E-state index in [0.29, 0.717) is 30.8 Å². The van der Waals surface area contributed by atoms with E-state index in [4.69, 9.17) is 4.74 Å². The van der Waals surface area contributed by atoms with Gasteiger partial charge < -0.3 is 15.4 Å². The van der Waals surface area contributed by atoms with Gasteiger partial charge in [-0.05, 0) is 18.6 Å². The van der Waals surface area contributed by atoms with E-state index < -0.39 is 0 Å². The highest BCUT2D eigenvalue weighted by atomic mass is 16.5. The van der Waals surface area contributed by atoms with Crippen LogP contribution >= 0.6 is 0 Å². The number of ether oxygens (including phenoxy) is 1. The largest absolute Gasteiger partial charge is 0.383 e. The highest BCUT2D eigenvalue weighted by Crippen LogP contribution is 2.17. The Kier molecular flexibility index (Phi) is 21.9. The summed E-state index contributed by atoms with van der Waals surface area (Å²) in [6, 6.07) is 7.15. The van der Waals surface area contributed by atoms with Crippen LogP contribution in [0.15, 0.2) is 24.3 Å². The number of nitrogens with one attached hydrogen (secondary N) is 2. The number of anilines is 1. The van der Waals surface area contributed by atoms with Gasteiger partial charge in [-0.2, -0.15) is 0 Å². The Morgan fingerprint density at radius 2 is 1.14 bits per heavy atom. The molecule has 2 amide bonds. The maximum Gasteiger partial charge on any atom is 0.253 e. The quantitative estimate of drug-likeness (QED) is 0.128. The lowest BCUT2D eigenvalue weighted by molar-refractivity contribution is -0.116. The summed E-state index contributed by atoms with van der Waals surface area (Å²) in [6.45, 7) is 3.18. The lowest BCUT2D eigenvalue weighted by Crippen LogP contribution is -2.28. The Balaban J connectivity index is 1.94. The fourth-order valence-electron chi connectivity index (χ4n) is 4.73. The van der Waals surface area contributed by atoms with E-state index in [1.165, 1.54) is 109 Å². The standard InChI is InChI=1S/C32H56N2O3/c1-3-4-5-6-7-8-9-10-11-12-13-14-15-16-17-18-19-20-21-26-31(35)34-30-25-23-22-24-29(30)32(36)33-27-28-37-2/h22-25H,3-21,26-28H2,1-2H3,(H,33,36)(H,34,35). The third-order valence-electron chi connectivity index (χ3n) is 7.04. The number of hydrogen-bond donors (Lipinski definition) is 2. The van der Waals surface area contributed by atoms with Gasteiger partial charge in [0.25, 0.3) is 5.91 Å². The summed E-state index contributed by atoms with van der Waals surface area (Å²) in [5.41, 5.74) is 1.06. The fraction of sp³-hybridized carbons (Fsp3) is 0.750. The van der Waals surface area contributed by atoms with Crippen LogP contribution in [0.2, 0.25) is 0 Å². The highest BCUT2D eigenvalue weighted by molar-refractivity contribution is 6.03. The molecule has 0 spiro atoms. The van der Waals surface area contributed by atoms with Crippen molar-refractivity contribution in [1.29, 1.82) is 0 Å². The van der Waals surface area contributed by atoms with Gasteiger partial charge in [0.05, 0.1) is 17.9 Å². The molecule has 212 valence electrons. The Morgan fingerprint density at radius 1 is 0.676 bits per heavy atom. The number of rotatable bonds is 25. The predicted molar refractivity (Wildman–Crippen MR) is 157 cm³/mol. The molecule has 0 saturated carbocycles. The van der Waals surface area contributed by atoms with Crippen LogP contribution in [0.25, 0.3) is 0 Å². The molecule has 1 aromatic rings. The van der Waals surface area contributed by atoms with Gasteiger partial charge in [-0.15, -0.1) is 0 Å². The van der Waals surface area contributed by atoms with Crippen LogP contribution < -0.4 is 10.6 Å². The fourth-order valence-corrected chi connectivity index (χ4v) is 4.73. The molecule has 0 bridgehead atoms. The summed E-state index contributed by atoms with van der Waals surface area (Å²) in [4.78, 5) is 24.7. The molecule has 0 radical (unpaired) electrons. The van der Waals surface area contributed by atoms with Crippen LogP contribution in [0.4, 0.5) is 5.69 Å². The summed E-state index contributed by atoms with van der Waals surface area (Å²) in [7, 11) is 1.60. The van der Waals surface area contributed by atoms with E-state index in [9.17, 15) is 9.59 Å². The Morgan fingerprint density at radius 3 is 1.62 bits per heavy atom. The van der Waals surface area contributed by atoms with Gasteiger partial charge in [-0.1, -0.05) is 135 Å². The average molecular weight is 517 g/mol. The lowest BCUT2D eigenvalue weighted by atomic mass is 10.0. The minimum Gasteiger partial charge on any atom is -0.383 e. The molecule has 0 heterocycles. The molecule has 0 unspecified atom stereocenters. The molecule has 5 heteroatoms. The van der Waals surface area contributed by atoms with Gasteiger partial charge in [0.1, 0.15) is 0 Å². The summed E-state index contributed by atoms with van der Waals surface area (Å²) in [5.74, 6) is -0.222. The molecule has 37 heavy (non-hydrogen) atoms. The van der Waals surface area contributed by atoms with Gasteiger partial charge in [-0.3, -0.25) is 9.59 Å². The molecule has 0 saturated heterocycles. The molecule has 0 atom stereocenters. The van der Waals surface area contributed by atoms with E-state index in [1.807, 2.05) is 6.07 Å². The van der Waals surface area contributed by atoms with Crippen LogP contribution in [-0.4, -0.2) is 32.1 Å². The SMILES string of the molecule is CCCCCCCCCCCCCCCCCCCCCC(=O)Nc1ccccc1C(=O)NCCOC. The second kappa shape index (κ2) is 24.5. The first-order valence-electron chi connectivity index (χ1n) is 15.3. The smallest absolute Gasteiger partial charge is 0.253 e. The summed E-state index contributed by atoms with van der Waals surface area (Å²) >= 11 is 0. The summed E-state index contributed by atoms with van der Waals surface area (Å²) in [6.07, 6.45) is 26.0. The molecular weight excluding hydrogens is 460 g/mol. The molecule has 5 nitrogen and oxygen atoms in total. The molecule has 0 fully saturated rings.